The molecule has 1 aliphatic rings. The van der Waals surface area contributed by atoms with Crippen LogP contribution in [0.1, 0.15) is 17.8 Å². The number of rotatable bonds is 8. The Hall–Kier alpha value is -3.76. The summed E-state index contributed by atoms with van der Waals surface area (Å²) in [6.45, 7) is 1.94. The Kier molecular flexibility index (Phi) is 7.89. The van der Waals surface area contributed by atoms with Crippen molar-refractivity contribution in [1.29, 1.82) is 0 Å². The summed E-state index contributed by atoms with van der Waals surface area (Å²) in [6, 6.07) is 4.91. The van der Waals surface area contributed by atoms with Gasteiger partial charge in [-0.2, -0.15) is 18.2 Å². The van der Waals surface area contributed by atoms with Gasteiger partial charge in [-0.05, 0) is 50.6 Å². The first-order valence-corrected chi connectivity index (χ1v) is 15.1. The Labute approximate surface area is 241 Å². The molecule has 0 bridgehead atoms. The number of hydrogen-bond acceptors (Lipinski definition) is 11. The summed E-state index contributed by atoms with van der Waals surface area (Å²) in [5.41, 5.74) is 1.89. The second-order valence-electron chi connectivity index (χ2n) is 9.85. The first kappa shape index (κ1) is 29.7. The molecule has 0 amide bonds. The normalized spacial score (nSPS) is 19.4. The Morgan fingerprint density at radius 2 is 1.79 bits per heavy atom. The summed E-state index contributed by atoms with van der Waals surface area (Å²) < 4.78 is 78.6. The van der Waals surface area contributed by atoms with Crippen LogP contribution in [0, 0.1) is 25.6 Å². The van der Waals surface area contributed by atoms with Crippen LogP contribution in [0.3, 0.4) is 0 Å². The second kappa shape index (κ2) is 11.1. The first-order valence-electron chi connectivity index (χ1n) is 12.6. The molecule has 1 aliphatic carbocycles. The van der Waals surface area contributed by atoms with Crippen molar-refractivity contribution in [3.8, 4) is 10.6 Å². The van der Waals surface area contributed by atoms with E-state index in [-0.39, 0.29) is 28.8 Å². The summed E-state index contributed by atoms with van der Waals surface area (Å²) in [5, 5.41) is 16.3. The van der Waals surface area contributed by atoms with E-state index in [1.807, 2.05) is 0 Å². The van der Waals surface area contributed by atoms with Gasteiger partial charge in [-0.15, -0.1) is 11.3 Å². The van der Waals surface area contributed by atoms with Crippen LogP contribution >= 0.6 is 11.3 Å². The van der Waals surface area contributed by atoms with Gasteiger partial charge in [0.2, 0.25) is 5.95 Å². The predicted octanol–water partition coefficient (Wildman–Crippen LogP) is 4.08. The number of Topliss-reactive ketones (excluding diaryl/α,β-unsaturated/α-hetero) is 1. The fourth-order valence-electron chi connectivity index (χ4n) is 4.74. The molecule has 42 heavy (non-hydrogen) atoms. The van der Waals surface area contributed by atoms with Gasteiger partial charge in [0.1, 0.15) is 34.8 Å². The minimum absolute atomic E-state index is 0.00994. The van der Waals surface area contributed by atoms with E-state index in [0.29, 0.717) is 21.8 Å². The molecule has 10 nitrogen and oxygen atoms in total. The summed E-state index contributed by atoms with van der Waals surface area (Å²) in [6.07, 6.45) is -4.67. The maximum Gasteiger partial charge on any atom is 0.405 e. The number of thiazole rings is 1. The highest BCUT2D eigenvalue weighted by atomic mass is 32.2. The van der Waals surface area contributed by atoms with Crippen LogP contribution in [0.4, 0.5) is 29.3 Å². The Morgan fingerprint density at radius 1 is 1.07 bits per heavy atom. The average molecular weight is 625 g/mol. The smallest absolute Gasteiger partial charge is 0.383 e. The number of aryl methyl sites for hydroxylation is 2. The van der Waals surface area contributed by atoms with Crippen molar-refractivity contribution in [1.82, 2.24) is 19.9 Å². The zero-order chi connectivity index (χ0) is 30.4. The highest BCUT2D eigenvalue weighted by molar-refractivity contribution is 7.91. The van der Waals surface area contributed by atoms with Crippen LogP contribution in [0.2, 0.25) is 0 Å². The van der Waals surface area contributed by atoms with Gasteiger partial charge in [-0.1, -0.05) is 0 Å². The molecule has 1 saturated carbocycles. The molecule has 0 saturated heterocycles. The number of carbonyl (C=O) groups excluding carboxylic acids is 1. The lowest BCUT2D eigenvalue weighted by molar-refractivity contribution is -0.127. The number of fused-ring (bicyclic) bond motifs is 1. The van der Waals surface area contributed by atoms with Crippen molar-refractivity contribution in [2.45, 2.75) is 43.5 Å². The molecular weight excluding hydrogens is 600 g/mol. The molecule has 222 valence electrons. The number of hydrogen-bond donors (Lipinski definition) is 3. The average Bonchev–Trinajstić information content (AvgIpc) is 3.45. The Morgan fingerprint density at radius 3 is 2.45 bits per heavy atom. The SMILES string of the molecule is Cc1nc(NCC(F)(F)F)nc(NC2C[C@H](CS(=O)(=O)c3ccc(F)cc3)C(=O)[C@H]2O)c1-c1nc2c(C)nccc2s1. The molecule has 5 rings (SSSR count). The Balaban J connectivity index is 1.47. The van der Waals surface area contributed by atoms with Gasteiger partial charge < -0.3 is 15.7 Å². The van der Waals surface area contributed by atoms with E-state index < -0.39 is 58.0 Å². The highest BCUT2D eigenvalue weighted by Gasteiger charge is 2.44. The van der Waals surface area contributed by atoms with E-state index in [1.54, 1.807) is 26.1 Å². The maximum absolute atomic E-state index is 13.3. The van der Waals surface area contributed by atoms with Crippen LogP contribution in [0.25, 0.3) is 20.8 Å². The zero-order valence-corrected chi connectivity index (χ0v) is 23.7. The predicted molar refractivity (Wildman–Crippen MR) is 147 cm³/mol. The number of aromatic nitrogens is 4. The van der Waals surface area contributed by atoms with E-state index in [2.05, 4.69) is 30.6 Å². The molecule has 1 aromatic carbocycles. The third-order valence-electron chi connectivity index (χ3n) is 6.77. The van der Waals surface area contributed by atoms with E-state index in [1.165, 1.54) is 11.3 Å². The van der Waals surface area contributed by atoms with E-state index in [0.717, 1.165) is 29.0 Å². The second-order valence-corrected chi connectivity index (χ2v) is 12.9. The zero-order valence-electron chi connectivity index (χ0n) is 22.1. The molecule has 16 heteroatoms. The molecule has 3 N–H and O–H groups in total. The first-order chi connectivity index (χ1) is 19.7. The summed E-state index contributed by atoms with van der Waals surface area (Å²) >= 11 is 1.28. The lowest BCUT2D eigenvalue weighted by Gasteiger charge is -2.20. The molecule has 0 radical (unpaired) electrons. The van der Waals surface area contributed by atoms with Crippen molar-refractivity contribution in [2.75, 3.05) is 22.9 Å². The number of sulfone groups is 1. The molecule has 3 aromatic heterocycles. The van der Waals surface area contributed by atoms with Crippen LogP contribution in [0.15, 0.2) is 41.4 Å². The Bertz CT molecular complexity index is 1760. The number of pyridine rings is 1. The third kappa shape index (κ3) is 6.19. The molecule has 3 heterocycles. The van der Waals surface area contributed by atoms with Gasteiger partial charge in [0, 0.05) is 12.1 Å². The highest BCUT2D eigenvalue weighted by Crippen LogP contribution is 2.38. The van der Waals surface area contributed by atoms with Gasteiger partial charge in [0.25, 0.3) is 0 Å². The van der Waals surface area contributed by atoms with E-state index in [4.69, 9.17) is 0 Å². The lowest BCUT2D eigenvalue weighted by Crippen LogP contribution is -2.33. The number of benzene rings is 1. The number of alkyl halides is 3. The topological polar surface area (TPSA) is 147 Å². The van der Waals surface area contributed by atoms with Gasteiger partial charge in [0.15, 0.2) is 15.6 Å². The number of nitrogens with one attached hydrogen (secondary N) is 2. The van der Waals surface area contributed by atoms with Crippen LogP contribution in [0.5, 0.6) is 0 Å². The third-order valence-corrected chi connectivity index (χ3v) is 9.64. The van der Waals surface area contributed by atoms with Crippen LogP contribution < -0.4 is 10.6 Å². The van der Waals surface area contributed by atoms with Gasteiger partial charge in [-0.3, -0.25) is 9.78 Å². The number of halogens is 4. The van der Waals surface area contributed by atoms with Crippen molar-refractivity contribution in [3.05, 3.63) is 53.7 Å². The molecule has 0 aliphatic heterocycles. The number of aliphatic hydroxyl groups is 1. The molecular formula is C26H24F4N6O4S2. The monoisotopic (exact) mass is 624 g/mol. The summed E-state index contributed by atoms with van der Waals surface area (Å²) in [4.78, 5) is 30.0. The maximum atomic E-state index is 13.3. The van der Waals surface area contributed by atoms with E-state index >= 15 is 0 Å². The molecule has 0 spiro atoms. The number of ketones is 1. The molecule has 3 atom stereocenters. The largest absolute Gasteiger partial charge is 0.405 e. The fraction of sp³-hybridized carbons (Fsp3) is 0.346. The van der Waals surface area contributed by atoms with Gasteiger partial charge >= 0.3 is 6.18 Å². The number of anilines is 2. The van der Waals surface area contributed by atoms with Crippen LogP contribution in [-0.2, 0) is 14.6 Å². The number of nitrogens with zero attached hydrogens (tertiary/aromatic N) is 4. The van der Waals surface area contributed by atoms with Crippen molar-refractivity contribution in [3.63, 3.8) is 0 Å². The van der Waals surface area contributed by atoms with E-state index in [9.17, 15) is 35.9 Å². The summed E-state index contributed by atoms with van der Waals surface area (Å²) in [7, 11) is -4.00. The standard InChI is InChI=1S/C26H24F4N6O4S2/c1-12-19(24-35-20-13(2)31-8-7-18(20)41-24)23(36-25(33-12)32-11-26(28,29)30)34-17-9-14(21(37)22(17)38)10-42(39,40)16-5-3-15(27)4-6-16/h3-8,14,17,22,38H,9-11H2,1-2H3,(H2,32,33,34,36)/t14-,17?,22+/m1/s1. The van der Waals surface area contributed by atoms with Gasteiger partial charge in [-0.25, -0.2) is 22.8 Å². The van der Waals surface area contributed by atoms with Crippen molar-refractivity contribution in [2.24, 2.45) is 5.92 Å². The van der Waals surface area contributed by atoms with Crippen molar-refractivity contribution >= 4 is 48.9 Å². The molecule has 1 unspecified atom stereocenters. The van der Waals surface area contributed by atoms with Gasteiger partial charge in [0.05, 0.1) is 38.3 Å². The van der Waals surface area contributed by atoms with Crippen molar-refractivity contribution < 1.29 is 35.9 Å². The number of carbonyl (C=O) groups is 1. The quantitative estimate of drug-likeness (QED) is 0.194. The molecule has 1 fully saturated rings. The molecule has 4 aromatic rings. The minimum Gasteiger partial charge on any atom is -0.383 e. The minimum atomic E-state index is -4.54. The number of aliphatic hydroxyl groups excluding tert-OH is 1. The van der Waals surface area contributed by atoms with Crippen LogP contribution in [-0.4, -0.2) is 69.9 Å². The lowest BCUT2D eigenvalue weighted by atomic mass is 10.1. The summed E-state index contributed by atoms with van der Waals surface area (Å²) in [5.74, 6) is -3.39. The fourth-order valence-corrected chi connectivity index (χ4v) is 7.42.